The Labute approximate surface area is 140 Å². The lowest BCUT2D eigenvalue weighted by atomic mass is 10.1. The van der Waals surface area contributed by atoms with E-state index in [1.54, 1.807) is 24.3 Å². The first-order valence-electron chi connectivity index (χ1n) is 6.56. The Morgan fingerprint density at radius 1 is 1.39 bits per heavy atom. The van der Waals surface area contributed by atoms with Gasteiger partial charge < -0.3 is 10.5 Å². The zero-order valence-electron chi connectivity index (χ0n) is 12.0. The Kier molecular flexibility index (Phi) is 4.35. The Balaban J connectivity index is 2.06. The fraction of sp³-hybridized carbons (Fsp3) is 0.143. The SMILES string of the molecule is COC(=O)C(Sc1cc(N)nc2n[nH]nc12)c1ccccc1Cl. The van der Waals surface area contributed by atoms with Crippen LogP contribution in [0, 0.1) is 0 Å². The standard InChI is InChI=1S/C14H12ClN5O2S/c1-22-14(21)12(7-4-2-3-5-8(7)15)23-9-6-10(16)17-13-11(9)18-20-19-13/h2-6,12H,1H3,(H3,16,17,18,19,20). The van der Waals surface area contributed by atoms with E-state index < -0.39 is 11.2 Å². The number of ether oxygens (including phenoxy) is 1. The number of nitrogen functional groups attached to an aromatic ring is 1. The van der Waals surface area contributed by atoms with Crippen molar-refractivity contribution < 1.29 is 9.53 Å². The molecule has 0 saturated heterocycles. The molecule has 0 fully saturated rings. The van der Waals surface area contributed by atoms with Crippen molar-refractivity contribution in [1.82, 2.24) is 20.4 Å². The normalized spacial score (nSPS) is 12.3. The quantitative estimate of drug-likeness (QED) is 0.550. The number of nitrogens with two attached hydrogens (primary N) is 1. The number of methoxy groups -OCH3 is 1. The first-order valence-corrected chi connectivity index (χ1v) is 7.82. The highest BCUT2D eigenvalue weighted by Crippen LogP contribution is 2.41. The van der Waals surface area contributed by atoms with Crippen LogP contribution in [0.4, 0.5) is 5.82 Å². The van der Waals surface area contributed by atoms with Gasteiger partial charge in [0, 0.05) is 9.92 Å². The van der Waals surface area contributed by atoms with E-state index in [-0.39, 0.29) is 5.82 Å². The third-order valence-corrected chi connectivity index (χ3v) is 4.72. The third-order valence-electron chi connectivity index (χ3n) is 3.12. The molecule has 2 aromatic heterocycles. The fourth-order valence-corrected chi connectivity index (χ4v) is 3.60. The minimum Gasteiger partial charge on any atom is -0.468 e. The molecule has 0 radical (unpaired) electrons. The largest absolute Gasteiger partial charge is 0.468 e. The highest BCUT2D eigenvalue weighted by Gasteiger charge is 2.26. The van der Waals surface area contributed by atoms with Gasteiger partial charge in [0.15, 0.2) is 0 Å². The van der Waals surface area contributed by atoms with Gasteiger partial charge in [-0.1, -0.05) is 29.8 Å². The fourth-order valence-electron chi connectivity index (χ4n) is 2.08. The molecule has 3 rings (SSSR count). The number of nitrogens with zero attached hydrogens (tertiary/aromatic N) is 3. The molecule has 0 aliphatic carbocycles. The second-order valence-electron chi connectivity index (χ2n) is 4.58. The van der Waals surface area contributed by atoms with Gasteiger partial charge in [-0.2, -0.15) is 10.3 Å². The number of aromatic amines is 1. The van der Waals surface area contributed by atoms with Gasteiger partial charge in [0.2, 0.25) is 5.65 Å². The Morgan fingerprint density at radius 2 is 2.17 bits per heavy atom. The number of benzene rings is 1. The van der Waals surface area contributed by atoms with Crippen LogP contribution >= 0.6 is 23.4 Å². The van der Waals surface area contributed by atoms with Gasteiger partial charge in [-0.05, 0) is 17.7 Å². The molecule has 3 aromatic rings. The maximum absolute atomic E-state index is 12.2. The summed E-state index contributed by atoms with van der Waals surface area (Å²) >= 11 is 7.46. The van der Waals surface area contributed by atoms with Gasteiger partial charge in [-0.15, -0.1) is 16.9 Å². The number of thioether (sulfide) groups is 1. The molecule has 0 aliphatic rings. The molecule has 2 heterocycles. The van der Waals surface area contributed by atoms with Crippen molar-refractivity contribution in [3.63, 3.8) is 0 Å². The summed E-state index contributed by atoms with van der Waals surface area (Å²) in [7, 11) is 1.33. The summed E-state index contributed by atoms with van der Waals surface area (Å²) in [5.74, 6) is -0.133. The average molecular weight is 350 g/mol. The predicted molar refractivity (Wildman–Crippen MR) is 88.2 cm³/mol. The van der Waals surface area contributed by atoms with Gasteiger partial charge in [0.1, 0.15) is 16.6 Å². The number of hydrogen-bond acceptors (Lipinski definition) is 7. The molecule has 0 aliphatic heterocycles. The zero-order valence-corrected chi connectivity index (χ0v) is 13.6. The van der Waals surface area contributed by atoms with E-state index in [0.717, 1.165) is 0 Å². The number of H-pyrrole nitrogens is 1. The van der Waals surface area contributed by atoms with Gasteiger partial charge in [0.25, 0.3) is 0 Å². The number of carbonyl (C=O) groups is 1. The van der Waals surface area contributed by atoms with E-state index in [0.29, 0.717) is 26.6 Å². The maximum atomic E-state index is 12.2. The van der Waals surface area contributed by atoms with E-state index in [1.807, 2.05) is 6.07 Å². The second-order valence-corrected chi connectivity index (χ2v) is 6.14. The number of fused-ring (bicyclic) bond motifs is 1. The molecule has 1 aromatic carbocycles. The lowest BCUT2D eigenvalue weighted by molar-refractivity contribution is -0.140. The highest BCUT2D eigenvalue weighted by atomic mass is 35.5. The molecule has 118 valence electrons. The molecule has 1 atom stereocenters. The molecule has 1 unspecified atom stereocenters. The van der Waals surface area contributed by atoms with Crippen LogP contribution < -0.4 is 5.73 Å². The molecular weight excluding hydrogens is 338 g/mol. The highest BCUT2D eigenvalue weighted by molar-refractivity contribution is 8.00. The summed E-state index contributed by atoms with van der Waals surface area (Å²) in [4.78, 5) is 17.0. The van der Waals surface area contributed by atoms with Crippen LogP contribution in [0.3, 0.4) is 0 Å². The first kappa shape index (κ1) is 15.6. The van der Waals surface area contributed by atoms with Crippen molar-refractivity contribution in [3.05, 3.63) is 40.9 Å². The number of rotatable bonds is 4. The van der Waals surface area contributed by atoms with E-state index in [1.165, 1.54) is 18.9 Å². The number of aromatic nitrogens is 4. The summed E-state index contributed by atoms with van der Waals surface area (Å²) < 4.78 is 4.91. The van der Waals surface area contributed by atoms with Crippen LogP contribution in [0.25, 0.3) is 11.2 Å². The van der Waals surface area contributed by atoms with Crippen LogP contribution in [-0.4, -0.2) is 33.5 Å². The molecule has 0 bridgehead atoms. The lowest BCUT2D eigenvalue weighted by Gasteiger charge is -2.16. The molecule has 9 heteroatoms. The first-order chi connectivity index (χ1) is 11.1. The van der Waals surface area contributed by atoms with Crippen molar-refractivity contribution in [2.24, 2.45) is 0 Å². The van der Waals surface area contributed by atoms with Crippen molar-refractivity contribution >= 4 is 46.3 Å². The van der Waals surface area contributed by atoms with Crippen LogP contribution in [0.15, 0.2) is 35.2 Å². The van der Waals surface area contributed by atoms with Crippen molar-refractivity contribution in [3.8, 4) is 0 Å². The predicted octanol–water partition coefficient (Wildman–Crippen LogP) is 2.59. The molecule has 0 spiro atoms. The Morgan fingerprint density at radius 3 is 2.91 bits per heavy atom. The topological polar surface area (TPSA) is 107 Å². The molecule has 7 nitrogen and oxygen atoms in total. The second kappa shape index (κ2) is 6.43. The number of hydrogen-bond donors (Lipinski definition) is 2. The minimum atomic E-state index is -0.657. The van der Waals surface area contributed by atoms with E-state index in [9.17, 15) is 4.79 Å². The van der Waals surface area contributed by atoms with E-state index >= 15 is 0 Å². The van der Waals surface area contributed by atoms with Crippen LogP contribution in [0.1, 0.15) is 10.8 Å². The smallest absolute Gasteiger partial charge is 0.323 e. The summed E-state index contributed by atoms with van der Waals surface area (Å²) in [6.45, 7) is 0. The van der Waals surface area contributed by atoms with E-state index in [2.05, 4.69) is 20.4 Å². The molecule has 0 saturated carbocycles. The number of halogens is 1. The Bertz CT molecular complexity index is 869. The van der Waals surface area contributed by atoms with Gasteiger partial charge in [0.05, 0.1) is 7.11 Å². The van der Waals surface area contributed by atoms with E-state index in [4.69, 9.17) is 22.1 Å². The Hall–Kier alpha value is -2.32. The van der Waals surface area contributed by atoms with Crippen molar-refractivity contribution in [1.29, 1.82) is 0 Å². The van der Waals surface area contributed by atoms with Gasteiger partial charge in [-0.3, -0.25) is 4.79 Å². The van der Waals surface area contributed by atoms with Crippen LogP contribution in [0.2, 0.25) is 5.02 Å². The monoisotopic (exact) mass is 349 g/mol. The van der Waals surface area contributed by atoms with Crippen molar-refractivity contribution in [2.45, 2.75) is 10.1 Å². The molecule has 3 N–H and O–H groups in total. The summed E-state index contributed by atoms with van der Waals surface area (Å²) in [5, 5.41) is 10.3. The van der Waals surface area contributed by atoms with Gasteiger partial charge in [-0.25, -0.2) is 4.98 Å². The van der Waals surface area contributed by atoms with Crippen LogP contribution in [-0.2, 0) is 9.53 Å². The summed E-state index contributed by atoms with van der Waals surface area (Å²) in [5.41, 5.74) is 7.36. The number of carbonyl (C=O) groups excluding carboxylic acids is 1. The average Bonchev–Trinajstić information content (AvgIpc) is 3.01. The number of esters is 1. The summed E-state index contributed by atoms with van der Waals surface area (Å²) in [6, 6.07) is 8.75. The maximum Gasteiger partial charge on any atom is 0.323 e. The number of nitrogens with one attached hydrogen (secondary N) is 1. The number of anilines is 1. The zero-order chi connectivity index (χ0) is 16.4. The number of pyridine rings is 1. The molecule has 23 heavy (non-hydrogen) atoms. The third kappa shape index (κ3) is 3.08. The molecular formula is C14H12ClN5O2S. The molecule has 0 amide bonds. The van der Waals surface area contributed by atoms with Gasteiger partial charge >= 0.3 is 5.97 Å². The lowest BCUT2D eigenvalue weighted by Crippen LogP contribution is -2.12. The summed E-state index contributed by atoms with van der Waals surface area (Å²) in [6.07, 6.45) is 0. The van der Waals surface area contributed by atoms with Crippen molar-refractivity contribution in [2.75, 3.05) is 12.8 Å². The minimum absolute atomic E-state index is 0.289. The van der Waals surface area contributed by atoms with Crippen LogP contribution in [0.5, 0.6) is 0 Å².